The van der Waals surface area contributed by atoms with Crippen LogP contribution in [0.5, 0.6) is 0 Å². The van der Waals surface area contributed by atoms with Crippen molar-refractivity contribution < 1.29 is 9.90 Å². The number of hydrogen-bond acceptors (Lipinski definition) is 3. The second-order valence-corrected chi connectivity index (χ2v) is 7.30. The summed E-state index contributed by atoms with van der Waals surface area (Å²) in [4.78, 5) is 12.4. The third kappa shape index (κ3) is 4.23. The third-order valence-corrected chi connectivity index (χ3v) is 4.59. The molecule has 1 aliphatic rings. The first-order valence-corrected chi connectivity index (χ1v) is 8.54. The van der Waals surface area contributed by atoms with Crippen molar-refractivity contribution in [1.82, 2.24) is 15.5 Å². The number of benzene rings is 1. The predicted octanol–water partition coefficient (Wildman–Crippen LogP) is 2.40. The van der Waals surface area contributed by atoms with E-state index >= 15 is 0 Å². The molecule has 3 rings (SSSR count). The zero-order valence-electron chi connectivity index (χ0n) is 14.3. The van der Waals surface area contributed by atoms with Gasteiger partial charge in [0.1, 0.15) is 0 Å². The molecule has 1 aromatic heterocycles. The molecule has 1 aromatic carbocycles. The summed E-state index contributed by atoms with van der Waals surface area (Å²) in [6.45, 7) is 3.62. The Balaban J connectivity index is 1.56. The van der Waals surface area contributed by atoms with Crippen LogP contribution in [0.15, 0.2) is 30.5 Å². The Morgan fingerprint density at radius 2 is 2.12 bits per heavy atom. The lowest BCUT2D eigenvalue weighted by Gasteiger charge is -2.23. The molecule has 0 spiro atoms. The third-order valence-electron chi connectivity index (χ3n) is 4.59. The van der Waals surface area contributed by atoms with Crippen LogP contribution in [-0.4, -0.2) is 32.9 Å². The largest absolute Gasteiger partial charge is 0.390 e. The van der Waals surface area contributed by atoms with Gasteiger partial charge in [0.2, 0.25) is 0 Å². The van der Waals surface area contributed by atoms with Crippen molar-refractivity contribution in [3.8, 4) is 0 Å². The number of H-pyrrole nitrogens is 1. The van der Waals surface area contributed by atoms with E-state index in [1.165, 1.54) is 11.3 Å². The van der Waals surface area contributed by atoms with Gasteiger partial charge in [0.15, 0.2) is 0 Å². The molecule has 0 saturated heterocycles. The smallest absolute Gasteiger partial charge is 0.251 e. The highest BCUT2D eigenvalue weighted by molar-refractivity contribution is 5.94. The van der Waals surface area contributed by atoms with Crippen molar-refractivity contribution in [3.05, 3.63) is 52.8 Å². The van der Waals surface area contributed by atoms with Gasteiger partial charge in [-0.15, -0.1) is 0 Å². The molecule has 1 aliphatic carbocycles. The van der Waals surface area contributed by atoms with Crippen LogP contribution >= 0.6 is 0 Å². The van der Waals surface area contributed by atoms with Crippen LogP contribution < -0.4 is 5.32 Å². The summed E-state index contributed by atoms with van der Waals surface area (Å²) in [5, 5.41) is 20.0. The standard InChI is InChI=1S/C19H25N3O2/c1-19(2,24)10-9-13-3-5-14(6-4-13)18(23)21-16-7-8-17-15(11-16)12-20-22-17/h3-6,12,16,24H,7-11H2,1-2H3,(H,20,22)(H,21,23)/t16-/m1/s1. The van der Waals surface area contributed by atoms with Crippen molar-refractivity contribution in [2.24, 2.45) is 0 Å². The number of fused-ring (bicyclic) bond motifs is 1. The molecule has 0 radical (unpaired) electrons. The highest BCUT2D eigenvalue weighted by atomic mass is 16.3. The highest BCUT2D eigenvalue weighted by Crippen LogP contribution is 2.19. The minimum atomic E-state index is -0.664. The van der Waals surface area contributed by atoms with Crippen LogP contribution in [0, 0.1) is 0 Å². The van der Waals surface area contributed by atoms with E-state index in [4.69, 9.17) is 0 Å². The van der Waals surface area contributed by atoms with E-state index in [-0.39, 0.29) is 11.9 Å². The van der Waals surface area contributed by atoms with Crippen LogP contribution in [-0.2, 0) is 19.3 Å². The van der Waals surface area contributed by atoms with E-state index in [0.29, 0.717) is 12.0 Å². The molecule has 2 aromatic rings. The Labute approximate surface area is 142 Å². The average molecular weight is 327 g/mol. The maximum absolute atomic E-state index is 12.4. The van der Waals surface area contributed by atoms with Gasteiger partial charge in [-0.2, -0.15) is 5.10 Å². The van der Waals surface area contributed by atoms with E-state index in [0.717, 1.165) is 31.2 Å². The SMILES string of the molecule is CC(C)(O)CCc1ccc(C(=O)N[C@@H]2CCc3[nH]ncc3C2)cc1. The quantitative estimate of drug-likeness (QED) is 0.789. The predicted molar refractivity (Wildman–Crippen MR) is 92.9 cm³/mol. The molecule has 0 fully saturated rings. The summed E-state index contributed by atoms with van der Waals surface area (Å²) in [7, 11) is 0. The fourth-order valence-electron chi connectivity index (χ4n) is 3.08. The fourth-order valence-corrected chi connectivity index (χ4v) is 3.08. The molecule has 0 saturated carbocycles. The molecule has 0 aliphatic heterocycles. The molecule has 0 unspecified atom stereocenters. The van der Waals surface area contributed by atoms with Crippen LogP contribution in [0.1, 0.15) is 53.9 Å². The van der Waals surface area contributed by atoms with Gasteiger partial charge >= 0.3 is 0 Å². The van der Waals surface area contributed by atoms with Gasteiger partial charge in [-0.3, -0.25) is 9.89 Å². The molecule has 128 valence electrons. The minimum Gasteiger partial charge on any atom is -0.390 e. The first-order valence-electron chi connectivity index (χ1n) is 8.54. The van der Waals surface area contributed by atoms with Gasteiger partial charge in [0.25, 0.3) is 5.91 Å². The van der Waals surface area contributed by atoms with Gasteiger partial charge in [-0.25, -0.2) is 0 Å². The first-order chi connectivity index (χ1) is 11.4. The van der Waals surface area contributed by atoms with E-state index < -0.39 is 5.60 Å². The molecule has 1 heterocycles. The lowest BCUT2D eigenvalue weighted by Crippen LogP contribution is -2.38. The zero-order valence-corrected chi connectivity index (χ0v) is 14.3. The molecule has 0 bridgehead atoms. The summed E-state index contributed by atoms with van der Waals surface area (Å²) in [5.41, 5.74) is 3.54. The van der Waals surface area contributed by atoms with Crippen molar-refractivity contribution in [2.45, 2.75) is 57.6 Å². The molecular formula is C19H25N3O2. The second kappa shape index (κ2) is 6.77. The zero-order chi connectivity index (χ0) is 17.2. The minimum absolute atomic E-state index is 0.0269. The highest BCUT2D eigenvalue weighted by Gasteiger charge is 2.22. The summed E-state index contributed by atoms with van der Waals surface area (Å²) < 4.78 is 0. The van der Waals surface area contributed by atoms with Crippen molar-refractivity contribution >= 4 is 5.91 Å². The number of hydrogen-bond donors (Lipinski definition) is 3. The Morgan fingerprint density at radius 1 is 1.38 bits per heavy atom. The maximum Gasteiger partial charge on any atom is 0.251 e. The Hall–Kier alpha value is -2.14. The van der Waals surface area contributed by atoms with Crippen molar-refractivity contribution in [3.63, 3.8) is 0 Å². The number of nitrogens with one attached hydrogen (secondary N) is 2. The molecule has 1 atom stereocenters. The van der Waals surface area contributed by atoms with Gasteiger partial charge in [-0.1, -0.05) is 12.1 Å². The number of rotatable bonds is 5. The average Bonchev–Trinajstić information content (AvgIpc) is 3.00. The van der Waals surface area contributed by atoms with Crippen LogP contribution in [0.4, 0.5) is 0 Å². The molecular weight excluding hydrogens is 302 g/mol. The van der Waals surface area contributed by atoms with E-state index in [1.54, 1.807) is 0 Å². The number of aryl methyl sites for hydroxylation is 2. The number of nitrogens with zero attached hydrogens (tertiary/aromatic N) is 1. The van der Waals surface area contributed by atoms with E-state index in [1.807, 2.05) is 44.3 Å². The fraction of sp³-hybridized carbons (Fsp3) is 0.474. The molecule has 5 heteroatoms. The van der Waals surface area contributed by atoms with E-state index in [2.05, 4.69) is 15.5 Å². The van der Waals surface area contributed by atoms with Gasteiger partial charge in [-0.05, 0) is 69.2 Å². The van der Waals surface area contributed by atoms with Crippen LogP contribution in [0.3, 0.4) is 0 Å². The maximum atomic E-state index is 12.4. The molecule has 3 N–H and O–H groups in total. The summed E-state index contributed by atoms with van der Waals surface area (Å²) in [5.74, 6) is -0.0269. The lowest BCUT2D eigenvalue weighted by atomic mass is 9.93. The number of aromatic amines is 1. The van der Waals surface area contributed by atoms with Crippen LogP contribution in [0.25, 0.3) is 0 Å². The van der Waals surface area contributed by atoms with Gasteiger partial charge in [0.05, 0.1) is 11.8 Å². The monoisotopic (exact) mass is 327 g/mol. The Kier molecular flexibility index (Phi) is 4.71. The topological polar surface area (TPSA) is 78.0 Å². The van der Waals surface area contributed by atoms with Gasteiger partial charge < -0.3 is 10.4 Å². The Morgan fingerprint density at radius 3 is 2.83 bits per heavy atom. The number of amides is 1. The molecule has 1 amide bonds. The second-order valence-electron chi connectivity index (χ2n) is 7.30. The summed E-state index contributed by atoms with van der Waals surface area (Å²) in [6, 6.07) is 7.82. The Bertz CT molecular complexity index is 698. The number of aromatic nitrogens is 2. The lowest BCUT2D eigenvalue weighted by molar-refractivity contribution is 0.0713. The molecule has 5 nitrogen and oxygen atoms in total. The number of carbonyl (C=O) groups is 1. The van der Waals surface area contributed by atoms with Crippen molar-refractivity contribution in [2.75, 3.05) is 0 Å². The number of aliphatic hydroxyl groups is 1. The van der Waals surface area contributed by atoms with Crippen molar-refractivity contribution in [1.29, 1.82) is 0 Å². The van der Waals surface area contributed by atoms with Crippen LogP contribution in [0.2, 0.25) is 0 Å². The number of carbonyl (C=O) groups excluding carboxylic acids is 1. The molecule has 24 heavy (non-hydrogen) atoms. The van der Waals surface area contributed by atoms with E-state index in [9.17, 15) is 9.90 Å². The summed E-state index contributed by atoms with van der Waals surface area (Å²) in [6.07, 6.45) is 6.05. The first kappa shape index (κ1) is 16.7. The normalized spacial score (nSPS) is 17.4. The summed E-state index contributed by atoms with van der Waals surface area (Å²) >= 11 is 0. The van der Waals surface area contributed by atoms with Gasteiger partial charge in [0, 0.05) is 17.3 Å².